The third-order valence-corrected chi connectivity index (χ3v) is 6.70. The van der Waals surface area contributed by atoms with Crippen LogP contribution in [0.15, 0.2) is 28.6 Å². The summed E-state index contributed by atoms with van der Waals surface area (Å²) in [7, 11) is -3.34. The number of rotatable bonds is 9. The van der Waals surface area contributed by atoms with Crippen LogP contribution >= 0.6 is 23.1 Å². The van der Waals surface area contributed by atoms with Crippen molar-refractivity contribution in [2.24, 2.45) is 0 Å². The van der Waals surface area contributed by atoms with E-state index >= 15 is 0 Å². The quantitative estimate of drug-likeness (QED) is 0.451. The highest BCUT2D eigenvalue weighted by molar-refractivity contribution is 8.02. The molecule has 2 atom stereocenters. The fourth-order valence-electron chi connectivity index (χ4n) is 2.69. The van der Waals surface area contributed by atoms with Gasteiger partial charge in [-0.15, -0.1) is 10.2 Å². The van der Waals surface area contributed by atoms with Crippen molar-refractivity contribution in [2.75, 3.05) is 29.4 Å². The minimum atomic E-state index is -3.34. The summed E-state index contributed by atoms with van der Waals surface area (Å²) in [6, 6.07) is 6.37. The van der Waals surface area contributed by atoms with E-state index in [1.54, 1.807) is 24.3 Å². The minimum absolute atomic E-state index is 0.0556. The predicted octanol–water partition coefficient (Wildman–Crippen LogP) is 2.86. The second-order valence-electron chi connectivity index (χ2n) is 6.46. The van der Waals surface area contributed by atoms with Crippen molar-refractivity contribution >= 4 is 49.7 Å². The summed E-state index contributed by atoms with van der Waals surface area (Å²) >= 11 is 2.76. The van der Waals surface area contributed by atoms with E-state index in [-0.39, 0.29) is 17.1 Å². The van der Waals surface area contributed by atoms with Crippen molar-refractivity contribution < 1.29 is 17.9 Å². The van der Waals surface area contributed by atoms with Gasteiger partial charge in [0.2, 0.25) is 15.2 Å². The lowest BCUT2D eigenvalue weighted by Gasteiger charge is -2.09. The summed E-state index contributed by atoms with van der Waals surface area (Å²) in [5.41, 5.74) is 0.936. The van der Waals surface area contributed by atoms with Crippen LogP contribution in [0, 0.1) is 0 Å². The maximum Gasteiger partial charge on any atom is 0.229 e. The Kier molecular flexibility index (Phi) is 6.91. The van der Waals surface area contributed by atoms with E-state index in [1.807, 2.05) is 6.92 Å². The van der Waals surface area contributed by atoms with Crippen LogP contribution in [-0.2, 0) is 14.8 Å². The van der Waals surface area contributed by atoms with Crippen molar-refractivity contribution in [1.82, 2.24) is 10.2 Å². The number of carbonyl (C=O) groups is 1. The molecular weight excluding hydrogens is 420 g/mol. The van der Waals surface area contributed by atoms with Crippen molar-refractivity contribution in [1.29, 1.82) is 0 Å². The van der Waals surface area contributed by atoms with Gasteiger partial charge in [-0.1, -0.05) is 23.1 Å². The lowest BCUT2D eigenvalue weighted by molar-refractivity contribution is 0.0994. The lowest BCUT2D eigenvalue weighted by atomic mass is 10.1. The lowest BCUT2D eigenvalue weighted by Crippen LogP contribution is -2.18. The van der Waals surface area contributed by atoms with E-state index in [0.717, 1.165) is 25.7 Å². The summed E-state index contributed by atoms with van der Waals surface area (Å²) in [6.07, 6.45) is 3.45. The first-order valence-corrected chi connectivity index (χ1v) is 12.4. The Bertz CT molecular complexity index is 909. The minimum Gasteiger partial charge on any atom is -0.376 e. The molecule has 11 heteroatoms. The van der Waals surface area contributed by atoms with Gasteiger partial charge >= 0.3 is 0 Å². The standard InChI is InChI=1S/C17H22N4O4S3/c1-11(15(22)12-5-7-13(8-6-12)21-28(2,23)24)26-17-20-19-16(27-17)18-10-14-4-3-9-25-14/h5-8,11,14,21H,3-4,9-10H2,1-2H3,(H,18,19)/t11-,14-/m0/s1. The molecule has 2 aromatic rings. The zero-order valence-corrected chi connectivity index (χ0v) is 18.0. The SMILES string of the molecule is C[C@H](Sc1nnc(NC[C@@H]2CCCO2)s1)C(=O)c1ccc(NS(C)(=O)=O)cc1. The van der Waals surface area contributed by atoms with Crippen molar-refractivity contribution in [2.45, 2.75) is 35.5 Å². The molecule has 1 aliphatic heterocycles. The van der Waals surface area contributed by atoms with Gasteiger partial charge in [0.1, 0.15) is 0 Å². The Morgan fingerprint density at radius 2 is 2.11 bits per heavy atom. The number of nitrogens with one attached hydrogen (secondary N) is 2. The van der Waals surface area contributed by atoms with Crippen molar-refractivity contribution in [3.05, 3.63) is 29.8 Å². The van der Waals surface area contributed by atoms with Gasteiger partial charge in [0.05, 0.1) is 17.6 Å². The van der Waals surface area contributed by atoms with E-state index in [2.05, 4.69) is 20.2 Å². The molecule has 1 fully saturated rings. The Labute approximate surface area is 172 Å². The van der Waals surface area contributed by atoms with Gasteiger partial charge in [-0.05, 0) is 44.0 Å². The number of aromatic nitrogens is 2. The number of nitrogens with zero attached hydrogens (tertiary/aromatic N) is 2. The molecule has 2 N–H and O–H groups in total. The highest BCUT2D eigenvalue weighted by atomic mass is 32.2. The van der Waals surface area contributed by atoms with E-state index < -0.39 is 10.0 Å². The topological polar surface area (TPSA) is 110 Å². The highest BCUT2D eigenvalue weighted by Crippen LogP contribution is 2.30. The number of hydrogen-bond acceptors (Lipinski definition) is 9. The van der Waals surface area contributed by atoms with E-state index in [4.69, 9.17) is 4.74 Å². The highest BCUT2D eigenvalue weighted by Gasteiger charge is 2.20. The van der Waals surface area contributed by atoms with Crippen molar-refractivity contribution in [3.63, 3.8) is 0 Å². The summed E-state index contributed by atoms with van der Waals surface area (Å²) in [5.74, 6) is -0.0556. The summed E-state index contributed by atoms with van der Waals surface area (Å²) in [4.78, 5) is 12.6. The van der Waals surface area contributed by atoms with Crippen LogP contribution in [0.2, 0.25) is 0 Å². The summed E-state index contributed by atoms with van der Waals surface area (Å²) in [6.45, 7) is 3.34. The van der Waals surface area contributed by atoms with Crippen LogP contribution in [0.25, 0.3) is 0 Å². The number of benzene rings is 1. The molecule has 2 heterocycles. The Hall–Kier alpha value is -1.69. The number of Topliss-reactive ketones (excluding diaryl/α,β-unsaturated/α-hetero) is 1. The van der Waals surface area contributed by atoms with Gasteiger partial charge < -0.3 is 10.1 Å². The molecule has 0 amide bonds. The van der Waals surface area contributed by atoms with Crippen LogP contribution < -0.4 is 10.0 Å². The second kappa shape index (κ2) is 9.21. The predicted molar refractivity (Wildman–Crippen MR) is 112 cm³/mol. The monoisotopic (exact) mass is 442 g/mol. The third kappa shape index (κ3) is 6.16. The fraction of sp³-hybridized carbons (Fsp3) is 0.471. The molecule has 1 aromatic heterocycles. The molecule has 0 saturated carbocycles. The van der Waals surface area contributed by atoms with Gasteiger partial charge in [-0.25, -0.2) is 8.42 Å². The smallest absolute Gasteiger partial charge is 0.229 e. The molecule has 0 aliphatic carbocycles. The number of ether oxygens (including phenoxy) is 1. The van der Waals surface area contributed by atoms with Gasteiger partial charge in [-0.3, -0.25) is 9.52 Å². The van der Waals surface area contributed by atoms with Gasteiger partial charge in [0, 0.05) is 24.4 Å². The molecular formula is C17H22N4O4S3. The average Bonchev–Trinajstić information content (AvgIpc) is 3.30. The Morgan fingerprint density at radius 1 is 1.36 bits per heavy atom. The van der Waals surface area contributed by atoms with E-state index in [9.17, 15) is 13.2 Å². The van der Waals surface area contributed by atoms with Crippen LogP contribution in [0.3, 0.4) is 0 Å². The Morgan fingerprint density at radius 3 is 2.75 bits per heavy atom. The molecule has 0 bridgehead atoms. The molecule has 3 rings (SSSR count). The molecule has 8 nitrogen and oxygen atoms in total. The second-order valence-corrected chi connectivity index (χ2v) is 10.8. The maximum atomic E-state index is 12.6. The first kappa shape index (κ1) is 21.0. The van der Waals surface area contributed by atoms with Crippen LogP contribution in [0.1, 0.15) is 30.1 Å². The number of sulfonamides is 1. The van der Waals surface area contributed by atoms with Gasteiger partial charge in [0.25, 0.3) is 0 Å². The number of hydrogen-bond donors (Lipinski definition) is 2. The average molecular weight is 443 g/mol. The first-order valence-electron chi connectivity index (χ1n) is 8.78. The van der Waals surface area contributed by atoms with Gasteiger partial charge in [-0.2, -0.15) is 0 Å². The van der Waals surface area contributed by atoms with Gasteiger partial charge in [0.15, 0.2) is 10.1 Å². The normalized spacial score (nSPS) is 18.0. The van der Waals surface area contributed by atoms with Crippen LogP contribution in [0.4, 0.5) is 10.8 Å². The molecule has 1 saturated heterocycles. The molecule has 0 unspecified atom stereocenters. The maximum absolute atomic E-state index is 12.6. The number of anilines is 2. The number of ketones is 1. The van der Waals surface area contributed by atoms with Crippen molar-refractivity contribution in [3.8, 4) is 0 Å². The zero-order chi connectivity index (χ0) is 20.1. The molecule has 152 valence electrons. The molecule has 0 radical (unpaired) electrons. The summed E-state index contributed by atoms with van der Waals surface area (Å²) in [5, 5.41) is 11.9. The first-order chi connectivity index (χ1) is 13.3. The summed E-state index contributed by atoms with van der Waals surface area (Å²) < 4.78 is 31.2. The van der Waals surface area contributed by atoms with Crippen LogP contribution in [-0.4, -0.2) is 55.2 Å². The molecule has 0 spiro atoms. The zero-order valence-electron chi connectivity index (χ0n) is 15.5. The molecule has 28 heavy (non-hydrogen) atoms. The largest absolute Gasteiger partial charge is 0.376 e. The molecule has 1 aliphatic rings. The number of carbonyl (C=O) groups excluding carboxylic acids is 1. The fourth-order valence-corrected chi connectivity index (χ4v) is 5.24. The third-order valence-electron chi connectivity index (χ3n) is 4.03. The van der Waals surface area contributed by atoms with Crippen LogP contribution in [0.5, 0.6) is 0 Å². The molecule has 1 aromatic carbocycles. The van der Waals surface area contributed by atoms with E-state index in [1.165, 1.54) is 23.1 Å². The number of thioether (sulfide) groups is 1. The van der Waals surface area contributed by atoms with E-state index in [0.29, 0.717) is 27.3 Å². The Balaban J connectivity index is 1.53.